The Morgan fingerprint density at radius 3 is 2.59 bits per heavy atom. The summed E-state index contributed by atoms with van der Waals surface area (Å²) >= 11 is 0. The fourth-order valence-corrected chi connectivity index (χ4v) is 1.92. The topological polar surface area (TPSA) is 76.8 Å². The van der Waals surface area contributed by atoms with E-state index < -0.39 is 19.0 Å². The van der Waals surface area contributed by atoms with Crippen molar-refractivity contribution in [2.24, 2.45) is 7.05 Å². The average Bonchev–Trinajstić information content (AvgIpc) is 2.99. The summed E-state index contributed by atoms with van der Waals surface area (Å²) in [7, 11) is 3.40. The van der Waals surface area contributed by atoms with Crippen LogP contribution in [0.3, 0.4) is 0 Å². The van der Waals surface area contributed by atoms with Crippen LogP contribution >= 0.6 is 12.4 Å². The Hall–Kier alpha value is -2.00. The second-order valence-electron chi connectivity index (χ2n) is 4.50. The maximum Gasteiger partial charge on any atom is 0.257 e. The number of alkyl halides is 2. The Balaban J connectivity index is 0.00000242. The number of halogens is 3. The normalized spacial score (nSPS) is 12.0. The third-order valence-corrected chi connectivity index (χ3v) is 2.83. The fraction of sp³-hybridized carbons (Fsp3) is 0.417. The van der Waals surface area contributed by atoms with Crippen molar-refractivity contribution in [3.8, 4) is 0 Å². The maximum absolute atomic E-state index is 12.2. The van der Waals surface area contributed by atoms with E-state index >= 15 is 0 Å². The van der Waals surface area contributed by atoms with Crippen LogP contribution in [0.15, 0.2) is 24.8 Å². The van der Waals surface area contributed by atoms with Crippen LogP contribution in [0.1, 0.15) is 11.6 Å². The lowest BCUT2D eigenvalue weighted by molar-refractivity contribution is -0.118. The van der Waals surface area contributed by atoms with Crippen molar-refractivity contribution in [3.05, 3.63) is 30.4 Å². The molecule has 2 aromatic heterocycles. The van der Waals surface area contributed by atoms with Crippen LogP contribution in [0, 0.1) is 0 Å². The smallest absolute Gasteiger partial charge is 0.257 e. The number of likely N-dealkylation sites (N-methyl/N-ethyl adjacent to an activating group) is 1. The van der Waals surface area contributed by atoms with Crippen LogP contribution in [0.4, 0.5) is 14.5 Å². The number of amides is 1. The predicted molar refractivity (Wildman–Crippen MR) is 79.1 cm³/mol. The van der Waals surface area contributed by atoms with Gasteiger partial charge in [0.2, 0.25) is 5.91 Å². The minimum atomic E-state index is -2.49. The van der Waals surface area contributed by atoms with Crippen molar-refractivity contribution in [2.45, 2.75) is 19.0 Å². The molecule has 0 radical (unpaired) electrons. The third-order valence-electron chi connectivity index (χ3n) is 2.83. The van der Waals surface area contributed by atoms with Gasteiger partial charge >= 0.3 is 0 Å². The van der Waals surface area contributed by atoms with Gasteiger partial charge in [0.05, 0.1) is 18.1 Å². The molecule has 10 heteroatoms. The monoisotopic (exact) mass is 334 g/mol. The molecule has 0 spiro atoms. The Kier molecular flexibility index (Phi) is 6.44. The minimum absolute atomic E-state index is 0. The summed E-state index contributed by atoms with van der Waals surface area (Å²) in [5.41, 5.74) is 1.07. The largest absolute Gasteiger partial charge is 0.322 e. The van der Waals surface area contributed by atoms with E-state index in [2.05, 4.69) is 20.8 Å². The fourth-order valence-electron chi connectivity index (χ4n) is 1.92. The van der Waals surface area contributed by atoms with Gasteiger partial charge in [0.25, 0.3) is 6.43 Å². The number of rotatable bonds is 6. The van der Waals surface area contributed by atoms with Gasteiger partial charge in [-0.05, 0) is 7.05 Å². The molecule has 22 heavy (non-hydrogen) atoms. The highest BCUT2D eigenvalue weighted by molar-refractivity contribution is 5.95. The summed E-state index contributed by atoms with van der Waals surface area (Å²) < 4.78 is 27.1. The van der Waals surface area contributed by atoms with E-state index in [1.54, 1.807) is 31.2 Å². The second kappa shape index (κ2) is 7.85. The van der Waals surface area contributed by atoms with E-state index in [9.17, 15) is 13.6 Å². The first-order valence-corrected chi connectivity index (χ1v) is 6.27. The van der Waals surface area contributed by atoms with Gasteiger partial charge in [0, 0.05) is 25.0 Å². The Labute approximate surface area is 132 Å². The van der Waals surface area contributed by atoms with Gasteiger partial charge in [0.1, 0.15) is 12.6 Å². The molecule has 0 saturated carbocycles. The number of hydrogen-bond donors (Lipinski definition) is 2. The highest BCUT2D eigenvalue weighted by Gasteiger charge is 2.20. The number of anilines is 1. The maximum atomic E-state index is 12.2. The molecule has 2 rings (SSSR count). The molecule has 0 fully saturated rings. The van der Waals surface area contributed by atoms with E-state index in [0.29, 0.717) is 11.3 Å². The first kappa shape index (κ1) is 18.1. The van der Waals surface area contributed by atoms with Crippen molar-refractivity contribution >= 4 is 24.0 Å². The minimum Gasteiger partial charge on any atom is -0.322 e. The van der Waals surface area contributed by atoms with Crippen LogP contribution in [0.2, 0.25) is 0 Å². The SMILES string of the molecule is CNC(C(=O)Nc1cnn(CC(F)F)c1)c1cnn(C)c1.Cl. The van der Waals surface area contributed by atoms with Gasteiger partial charge in [-0.2, -0.15) is 10.2 Å². The summed E-state index contributed by atoms with van der Waals surface area (Å²) in [5, 5.41) is 13.3. The average molecular weight is 335 g/mol. The highest BCUT2D eigenvalue weighted by atomic mass is 35.5. The van der Waals surface area contributed by atoms with Gasteiger partial charge < -0.3 is 10.6 Å². The molecule has 2 heterocycles. The summed E-state index contributed by atoms with van der Waals surface area (Å²) in [4.78, 5) is 12.2. The van der Waals surface area contributed by atoms with Gasteiger partial charge in [-0.25, -0.2) is 8.78 Å². The van der Waals surface area contributed by atoms with E-state index in [4.69, 9.17) is 0 Å². The molecule has 122 valence electrons. The summed E-state index contributed by atoms with van der Waals surface area (Å²) in [6, 6.07) is -0.586. The number of aryl methyl sites for hydroxylation is 1. The number of hydrogen-bond acceptors (Lipinski definition) is 4. The second-order valence-corrected chi connectivity index (χ2v) is 4.50. The van der Waals surface area contributed by atoms with Crippen molar-refractivity contribution in [3.63, 3.8) is 0 Å². The third kappa shape index (κ3) is 4.50. The number of carbonyl (C=O) groups excluding carboxylic acids is 1. The van der Waals surface area contributed by atoms with E-state index in [1.807, 2.05) is 0 Å². The Bertz CT molecular complexity index is 614. The van der Waals surface area contributed by atoms with Gasteiger partial charge in [-0.1, -0.05) is 0 Å². The van der Waals surface area contributed by atoms with Crippen LogP contribution in [-0.4, -0.2) is 38.9 Å². The Morgan fingerprint density at radius 2 is 2.05 bits per heavy atom. The summed E-state index contributed by atoms with van der Waals surface area (Å²) in [6.07, 6.45) is 3.51. The highest BCUT2D eigenvalue weighted by Crippen LogP contribution is 2.15. The van der Waals surface area contributed by atoms with Crippen molar-refractivity contribution in [1.82, 2.24) is 24.9 Å². The standard InChI is InChI=1S/C12H16F2N6O.ClH/c1-15-11(8-3-16-19(2)5-8)12(21)18-9-4-17-20(6-9)7-10(13)14;/h3-6,10-11,15H,7H2,1-2H3,(H,18,21);1H. The number of aromatic nitrogens is 4. The molecule has 0 bridgehead atoms. The lowest BCUT2D eigenvalue weighted by Crippen LogP contribution is -2.30. The summed E-state index contributed by atoms with van der Waals surface area (Å²) in [6.45, 7) is -0.506. The quantitative estimate of drug-likeness (QED) is 0.832. The molecular weight excluding hydrogens is 318 g/mol. The number of carbonyl (C=O) groups is 1. The molecule has 7 nitrogen and oxygen atoms in total. The number of nitrogens with zero attached hydrogens (tertiary/aromatic N) is 4. The van der Waals surface area contributed by atoms with Crippen molar-refractivity contribution in [1.29, 1.82) is 0 Å². The molecule has 0 aromatic carbocycles. The molecule has 0 aliphatic heterocycles. The lowest BCUT2D eigenvalue weighted by atomic mass is 10.1. The Morgan fingerprint density at radius 1 is 1.32 bits per heavy atom. The van der Waals surface area contributed by atoms with Gasteiger partial charge in [-0.15, -0.1) is 12.4 Å². The van der Waals surface area contributed by atoms with E-state index in [0.717, 1.165) is 4.68 Å². The van der Waals surface area contributed by atoms with E-state index in [1.165, 1.54) is 12.4 Å². The zero-order valence-corrected chi connectivity index (χ0v) is 12.8. The van der Waals surface area contributed by atoms with Crippen LogP contribution in [-0.2, 0) is 18.4 Å². The van der Waals surface area contributed by atoms with Gasteiger partial charge in [0.15, 0.2) is 0 Å². The predicted octanol–water partition coefficient (Wildman–Crippen LogP) is 1.20. The molecule has 2 N–H and O–H groups in total. The molecule has 0 aliphatic rings. The first-order valence-electron chi connectivity index (χ1n) is 6.27. The molecule has 1 unspecified atom stereocenters. The first-order chi connectivity index (χ1) is 9.99. The van der Waals surface area contributed by atoms with Crippen molar-refractivity contribution < 1.29 is 13.6 Å². The molecule has 1 atom stereocenters. The lowest BCUT2D eigenvalue weighted by Gasteiger charge is -2.13. The molecule has 0 saturated heterocycles. The summed E-state index contributed by atoms with van der Waals surface area (Å²) in [5.74, 6) is -0.318. The zero-order chi connectivity index (χ0) is 15.4. The van der Waals surface area contributed by atoms with Crippen LogP contribution in [0.5, 0.6) is 0 Å². The number of nitrogens with one attached hydrogen (secondary N) is 2. The molecule has 0 aliphatic carbocycles. The molecule has 2 aromatic rings. The van der Waals surface area contributed by atoms with Gasteiger partial charge in [-0.3, -0.25) is 14.2 Å². The van der Waals surface area contributed by atoms with Crippen LogP contribution < -0.4 is 10.6 Å². The molecular formula is C12H17ClF2N6O. The van der Waals surface area contributed by atoms with Crippen LogP contribution in [0.25, 0.3) is 0 Å². The molecule has 1 amide bonds. The van der Waals surface area contributed by atoms with E-state index in [-0.39, 0.29) is 18.3 Å². The zero-order valence-electron chi connectivity index (χ0n) is 12.0. The van der Waals surface area contributed by atoms with Crippen molar-refractivity contribution in [2.75, 3.05) is 12.4 Å².